The van der Waals surface area contributed by atoms with E-state index in [4.69, 9.17) is 4.74 Å². The minimum Gasteiger partial charge on any atom is -0.495 e. The van der Waals surface area contributed by atoms with Crippen LogP contribution in [0.5, 0.6) is 5.75 Å². The van der Waals surface area contributed by atoms with E-state index >= 15 is 0 Å². The van der Waals surface area contributed by atoms with Gasteiger partial charge in [0.1, 0.15) is 5.75 Å². The van der Waals surface area contributed by atoms with E-state index in [0.29, 0.717) is 6.04 Å². The van der Waals surface area contributed by atoms with E-state index in [-0.39, 0.29) is 6.03 Å². The highest BCUT2D eigenvalue weighted by Crippen LogP contribution is 2.28. The molecule has 2 fully saturated rings. The van der Waals surface area contributed by atoms with Crippen LogP contribution in [0.1, 0.15) is 19.8 Å². The van der Waals surface area contributed by atoms with Crippen molar-refractivity contribution in [1.82, 2.24) is 15.1 Å². The number of methoxy groups -OCH3 is 1. The Morgan fingerprint density at radius 1 is 1.20 bits per heavy atom. The summed E-state index contributed by atoms with van der Waals surface area (Å²) in [5.41, 5.74) is 1.11. The van der Waals surface area contributed by atoms with E-state index in [1.165, 1.54) is 12.8 Å². The van der Waals surface area contributed by atoms with Crippen molar-refractivity contribution in [3.05, 3.63) is 24.3 Å². The molecule has 2 heterocycles. The number of piperazine rings is 1. The number of benzene rings is 1. The van der Waals surface area contributed by atoms with Crippen LogP contribution in [0, 0.1) is 0 Å². The molecule has 1 N–H and O–H groups in total. The molecule has 2 amide bonds. The van der Waals surface area contributed by atoms with Crippen LogP contribution in [0.15, 0.2) is 24.3 Å². The number of carbonyl (C=O) groups is 1. The molecule has 1 aromatic carbocycles. The van der Waals surface area contributed by atoms with Gasteiger partial charge in [-0.15, -0.1) is 0 Å². The number of amides is 2. The second-order valence-corrected chi connectivity index (χ2v) is 6.76. The van der Waals surface area contributed by atoms with Gasteiger partial charge in [0, 0.05) is 38.8 Å². The van der Waals surface area contributed by atoms with Gasteiger partial charge in [-0.1, -0.05) is 19.1 Å². The van der Waals surface area contributed by atoms with Gasteiger partial charge in [0.15, 0.2) is 0 Å². The number of para-hydroxylation sites is 2. The van der Waals surface area contributed by atoms with E-state index in [2.05, 4.69) is 28.1 Å². The maximum absolute atomic E-state index is 12.5. The van der Waals surface area contributed by atoms with Gasteiger partial charge in [-0.2, -0.15) is 0 Å². The molecule has 1 aromatic rings. The van der Waals surface area contributed by atoms with E-state index in [9.17, 15) is 4.79 Å². The molecule has 0 aromatic heterocycles. The Kier molecular flexibility index (Phi) is 6.02. The summed E-state index contributed by atoms with van der Waals surface area (Å²) in [6.07, 6.45) is 2.43. The first-order valence-corrected chi connectivity index (χ1v) is 9.37. The molecule has 2 aliphatic rings. The van der Waals surface area contributed by atoms with Crippen LogP contribution in [0.4, 0.5) is 10.5 Å². The van der Waals surface area contributed by atoms with Gasteiger partial charge in [-0.25, -0.2) is 4.79 Å². The van der Waals surface area contributed by atoms with Crippen LogP contribution in [0.2, 0.25) is 0 Å². The predicted molar refractivity (Wildman–Crippen MR) is 100 cm³/mol. The molecule has 1 unspecified atom stereocenters. The molecule has 0 aliphatic carbocycles. The zero-order valence-corrected chi connectivity index (χ0v) is 15.4. The normalized spacial score (nSPS) is 21.4. The van der Waals surface area contributed by atoms with E-state index in [0.717, 1.165) is 57.3 Å². The van der Waals surface area contributed by atoms with Gasteiger partial charge in [0.25, 0.3) is 0 Å². The number of anilines is 1. The third-order valence-electron chi connectivity index (χ3n) is 5.39. The molecule has 0 saturated carbocycles. The quantitative estimate of drug-likeness (QED) is 0.886. The molecule has 6 heteroatoms. The lowest BCUT2D eigenvalue weighted by molar-refractivity contribution is 0.188. The van der Waals surface area contributed by atoms with Crippen LogP contribution in [0.25, 0.3) is 0 Å². The van der Waals surface area contributed by atoms with Gasteiger partial charge < -0.3 is 19.9 Å². The van der Waals surface area contributed by atoms with Crippen molar-refractivity contribution in [2.75, 3.05) is 57.8 Å². The highest BCUT2D eigenvalue weighted by atomic mass is 16.5. The number of hydrogen-bond acceptors (Lipinski definition) is 4. The average molecular weight is 346 g/mol. The molecule has 1 atom stereocenters. The second kappa shape index (κ2) is 8.43. The number of likely N-dealkylation sites (tertiary alicyclic amines) is 1. The fraction of sp³-hybridized carbons (Fsp3) is 0.632. The molecular weight excluding hydrogens is 316 g/mol. The molecule has 0 radical (unpaired) electrons. The Hall–Kier alpha value is -1.95. The highest BCUT2D eigenvalue weighted by molar-refractivity contribution is 5.74. The lowest BCUT2D eigenvalue weighted by Crippen LogP contribution is -2.53. The van der Waals surface area contributed by atoms with Gasteiger partial charge in [0.05, 0.1) is 12.8 Å². The largest absolute Gasteiger partial charge is 0.495 e. The predicted octanol–water partition coefficient (Wildman–Crippen LogP) is 2.01. The highest BCUT2D eigenvalue weighted by Gasteiger charge is 2.26. The smallest absolute Gasteiger partial charge is 0.317 e. The molecule has 6 nitrogen and oxygen atoms in total. The van der Waals surface area contributed by atoms with Gasteiger partial charge in [0.2, 0.25) is 0 Å². The third kappa shape index (κ3) is 4.18. The molecule has 25 heavy (non-hydrogen) atoms. The van der Waals surface area contributed by atoms with Crippen LogP contribution in [-0.4, -0.2) is 74.8 Å². The van der Waals surface area contributed by atoms with Crippen molar-refractivity contribution in [3.63, 3.8) is 0 Å². The summed E-state index contributed by atoms with van der Waals surface area (Å²) >= 11 is 0. The molecule has 0 spiro atoms. The van der Waals surface area contributed by atoms with Gasteiger partial charge in [-0.3, -0.25) is 4.90 Å². The fourth-order valence-electron chi connectivity index (χ4n) is 3.90. The Labute approximate surface area is 150 Å². The first kappa shape index (κ1) is 17.9. The Bertz CT molecular complexity index is 572. The van der Waals surface area contributed by atoms with Crippen molar-refractivity contribution in [3.8, 4) is 5.75 Å². The zero-order chi connectivity index (χ0) is 17.6. The second-order valence-electron chi connectivity index (χ2n) is 6.76. The van der Waals surface area contributed by atoms with Crippen molar-refractivity contribution >= 4 is 11.7 Å². The summed E-state index contributed by atoms with van der Waals surface area (Å²) in [7, 11) is 1.70. The number of nitrogens with one attached hydrogen (secondary N) is 1. The number of urea groups is 1. The number of ether oxygens (including phenoxy) is 1. The van der Waals surface area contributed by atoms with Crippen LogP contribution < -0.4 is 15.0 Å². The maximum atomic E-state index is 12.5. The average Bonchev–Trinajstić information content (AvgIpc) is 3.13. The topological polar surface area (TPSA) is 48.1 Å². The van der Waals surface area contributed by atoms with E-state index < -0.39 is 0 Å². The van der Waals surface area contributed by atoms with Crippen LogP contribution in [0.3, 0.4) is 0 Å². The number of likely N-dealkylation sites (N-methyl/N-ethyl adjacent to an activating group) is 1. The van der Waals surface area contributed by atoms with E-state index in [1.807, 2.05) is 23.1 Å². The Balaban J connectivity index is 1.48. The van der Waals surface area contributed by atoms with Crippen LogP contribution >= 0.6 is 0 Å². The lowest BCUT2D eigenvalue weighted by atomic mass is 10.2. The fourth-order valence-corrected chi connectivity index (χ4v) is 3.90. The summed E-state index contributed by atoms with van der Waals surface area (Å²) < 4.78 is 5.45. The minimum absolute atomic E-state index is 0.0719. The number of carbonyl (C=O) groups excluding carboxylic acids is 1. The molecule has 2 aliphatic heterocycles. The maximum Gasteiger partial charge on any atom is 0.317 e. The first-order valence-electron chi connectivity index (χ1n) is 9.37. The summed E-state index contributed by atoms with van der Waals surface area (Å²) in [6, 6.07) is 8.64. The first-order chi connectivity index (χ1) is 12.2. The Morgan fingerprint density at radius 3 is 2.68 bits per heavy atom. The van der Waals surface area contributed by atoms with Crippen molar-refractivity contribution < 1.29 is 9.53 Å². The number of hydrogen-bond donors (Lipinski definition) is 1. The summed E-state index contributed by atoms with van der Waals surface area (Å²) in [6.45, 7) is 8.33. The van der Waals surface area contributed by atoms with E-state index in [1.54, 1.807) is 7.11 Å². The molecule has 2 saturated heterocycles. The van der Waals surface area contributed by atoms with Crippen LogP contribution in [-0.2, 0) is 0 Å². The minimum atomic E-state index is 0.0719. The van der Waals surface area contributed by atoms with Gasteiger partial charge in [-0.05, 0) is 38.1 Å². The zero-order valence-electron chi connectivity index (χ0n) is 15.4. The standard InChI is InChI=1S/C19H30N4O2/c1-3-21-10-6-7-16(21)15-20-19(24)23-13-11-22(12-14-23)17-8-4-5-9-18(17)25-2/h4-5,8-9,16H,3,6-7,10-15H2,1-2H3,(H,20,24). The van der Waals surface area contributed by atoms with Gasteiger partial charge >= 0.3 is 6.03 Å². The molecule has 0 bridgehead atoms. The number of rotatable bonds is 5. The summed E-state index contributed by atoms with van der Waals surface area (Å²) in [4.78, 5) is 19.1. The van der Waals surface area contributed by atoms with Crippen molar-refractivity contribution in [2.45, 2.75) is 25.8 Å². The number of nitrogens with zero attached hydrogens (tertiary/aromatic N) is 3. The molecule has 138 valence electrons. The molecular formula is C19H30N4O2. The Morgan fingerprint density at radius 2 is 1.96 bits per heavy atom. The monoisotopic (exact) mass is 346 g/mol. The van der Waals surface area contributed by atoms with Crippen molar-refractivity contribution in [1.29, 1.82) is 0 Å². The summed E-state index contributed by atoms with van der Waals surface area (Å²) in [5.74, 6) is 0.890. The SMILES string of the molecule is CCN1CCCC1CNC(=O)N1CCN(c2ccccc2OC)CC1. The summed E-state index contributed by atoms with van der Waals surface area (Å²) in [5, 5.41) is 3.14. The third-order valence-corrected chi connectivity index (χ3v) is 5.39. The lowest BCUT2D eigenvalue weighted by Gasteiger charge is -2.36. The van der Waals surface area contributed by atoms with Crippen molar-refractivity contribution in [2.24, 2.45) is 0 Å². The molecule has 3 rings (SSSR count).